The molecular formula is C28H33N5O2. The second-order valence-electron chi connectivity index (χ2n) is 9.98. The molecule has 0 aliphatic carbocycles. The Bertz CT molecular complexity index is 1210. The van der Waals surface area contributed by atoms with E-state index in [-0.39, 0.29) is 11.8 Å². The quantitative estimate of drug-likeness (QED) is 0.564. The van der Waals surface area contributed by atoms with Crippen LogP contribution in [-0.2, 0) is 17.6 Å². The van der Waals surface area contributed by atoms with E-state index in [4.69, 9.17) is 0 Å². The van der Waals surface area contributed by atoms with E-state index in [9.17, 15) is 9.59 Å². The molecule has 2 saturated heterocycles. The van der Waals surface area contributed by atoms with Gasteiger partial charge in [0.1, 0.15) is 5.69 Å². The molecule has 0 bridgehead atoms. The molecule has 0 saturated carbocycles. The molecule has 182 valence electrons. The minimum atomic E-state index is -0.0170. The highest BCUT2D eigenvalue weighted by atomic mass is 16.2. The number of aromatic nitrogens is 3. The molecule has 0 unspecified atom stereocenters. The summed E-state index contributed by atoms with van der Waals surface area (Å²) in [6, 6.07) is 10.4. The lowest BCUT2D eigenvalue weighted by molar-refractivity contribution is -0.130. The van der Waals surface area contributed by atoms with E-state index in [1.54, 1.807) is 19.3 Å². The number of fused-ring (bicyclic) bond motifs is 1. The van der Waals surface area contributed by atoms with Crippen molar-refractivity contribution in [2.45, 2.75) is 45.4 Å². The van der Waals surface area contributed by atoms with Gasteiger partial charge in [-0.15, -0.1) is 0 Å². The summed E-state index contributed by atoms with van der Waals surface area (Å²) in [5.74, 6) is 0.814. The van der Waals surface area contributed by atoms with Crippen molar-refractivity contribution in [3.63, 3.8) is 0 Å². The molecule has 7 nitrogen and oxygen atoms in total. The Morgan fingerprint density at radius 3 is 2.43 bits per heavy atom. The zero-order valence-electron chi connectivity index (χ0n) is 20.4. The van der Waals surface area contributed by atoms with E-state index in [2.05, 4.69) is 33.2 Å². The van der Waals surface area contributed by atoms with Crippen LogP contribution in [0.3, 0.4) is 0 Å². The fraction of sp³-hybridized carbons (Fsp3) is 0.464. The maximum Gasteiger partial charge on any atom is 0.274 e. The molecule has 0 N–H and O–H groups in total. The number of carbonyl (C=O) groups is 2. The van der Waals surface area contributed by atoms with Crippen LogP contribution in [0.2, 0.25) is 0 Å². The third kappa shape index (κ3) is 5.34. The Morgan fingerprint density at radius 2 is 1.60 bits per heavy atom. The monoisotopic (exact) mass is 471 g/mol. The number of amides is 2. The Balaban J connectivity index is 1.28. The first-order valence-electron chi connectivity index (χ1n) is 12.8. The van der Waals surface area contributed by atoms with Gasteiger partial charge >= 0.3 is 0 Å². The highest BCUT2D eigenvalue weighted by molar-refractivity contribution is 5.93. The summed E-state index contributed by atoms with van der Waals surface area (Å²) in [4.78, 5) is 42.8. The predicted molar refractivity (Wildman–Crippen MR) is 135 cm³/mol. The fourth-order valence-electron chi connectivity index (χ4n) is 5.71. The molecular weight excluding hydrogens is 438 g/mol. The van der Waals surface area contributed by atoms with Crippen molar-refractivity contribution in [2.24, 2.45) is 11.8 Å². The van der Waals surface area contributed by atoms with E-state index < -0.39 is 0 Å². The first-order chi connectivity index (χ1) is 17.1. The van der Waals surface area contributed by atoms with Gasteiger partial charge in [0.05, 0.1) is 11.2 Å². The van der Waals surface area contributed by atoms with Gasteiger partial charge in [0.25, 0.3) is 5.91 Å². The lowest BCUT2D eigenvalue weighted by Crippen LogP contribution is -2.42. The lowest BCUT2D eigenvalue weighted by atomic mass is 9.89. The van der Waals surface area contributed by atoms with Crippen LogP contribution in [-0.4, -0.2) is 62.7 Å². The summed E-state index contributed by atoms with van der Waals surface area (Å²) >= 11 is 0. The van der Waals surface area contributed by atoms with Crippen LogP contribution in [0.4, 0.5) is 0 Å². The number of piperidine rings is 2. The topological polar surface area (TPSA) is 79.3 Å². The summed E-state index contributed by atoms with van der Waals surface area (Å²) in [5, 5.41) is 1.20. The molecule has 1 aromatic carbocycles. The molecule has 7 heteroatoms. The molecule has 2 aliphatic rings. The smallest absolute Gasteiger partial charge is 0.274 e. The molecule has 3 aromatic rings. The molecule has 2 atom stereocenters. The van der Waals surface area contributed by atoms with Crippen LogP contribution in [0, 0.1) is 11.8 Å². The van der Waals surface area contributed by atoms with Gasteiger partial charge in [0, 0.05) is 57.1 Å². The summed E-state index contributed by atoms with van der Waals surface area (Å²) in [5.41, 5.74) is 3.55. The number of hydrogen-bond donors (Lipinski definition) is 0. The Hall–Kier alpha value is -3.35. The van der Waals surface area contributed by atoms with Gasteiger partial charge < -0.3 is 9.80 Å². The summed E-state index contributed by atoms with van der Waals surface area (Å²) in [6.45, 7) is 4.66. The van der Waals surface area contributed by atoms with Gasteiger partial charge in [-0.1, -0.05) is 18.2 Å². The summed E-state index contributed by atoms with van der Waals surface area (Å²) in [7, 11) is 0. The maximum atomic E-state index is 13.6. The SMILES string of the molecule is CC(=O)N1CCC[C@@H](Cc2nccnc2C(=O)N2CCC[C@H](Cc3cccc4ncccc34)C2)C1. The van der Waals surface area contributed by atoms with Gasteiger partial charge in [-0.25, -0.2) is 4.98 Å². The summed E-state index contributed by atoms with van der Waals surface area (Å²) in [6.07, 6.45) is 10.9. The van der Waals surface area contributed by atoms with Crippen molar-refractivity contribution in [3.05, 3.63) is 65.9 Å². The largest absolute Gasteiger partial charge is 0.343 e. The van der Waals surface area contributed by atoms with Crippen molar-refractivity contribution in [3.8, 4) is 0 Å². The van der Waals surface area contributed by atoms with Crippen LogP contribution in [0.25, 0.3) is 10.9 Å². The minimum absolute atomic E-state index is 0.0170. The molecule has 2 aliphatic heterocycles. The van der Waals surface area contributed by atoms with E-state index in [0.29, 0.717) is 24.0 Å². The number of likely N-dealkylation sites (tertiary alicyclic amines) is 2. The highest BCUT2D eigenvalue weighted by Crippen LogP contribution is 2.27. The van der Waals surface area contributed by atoms with Crippen molar-refractivity contribution in [2.75, 3.05) is 26.2 Å². The number of rotatable bonds is 5. The third-order valence-corrected chi connectivity index (χ3v) is 7.47. The standard InChI is InChI=1S/C28H33N5O2/c1-20(34)32-14-4-7-22(18-32)17-26-27(31-13-12-30-26)28(35)33-15-5-6-21(19-33)16-23-8-2-10-25-24(23)9-3-11-29-25/h2-3,8-13,21-22H,4-7,14-19H2,1H3/t21-,22+/m1/s1. The molecule has 5 rings (SSSR count). The number of hydrogen-bond acceptors (Lipinski definition) is 5. The van der Waals surface area contributed by atoms with E-state index in [0.717, 1.165) is 69.5 Å². The van der Waals surface area contributed by atoms with E-state index >= 15 is 0 Å². The maximum absolute atomic E-state index is 13.6. The van der Waals surface area contributed by atoms with Crippen LogP contribution in [0.1, 0.15) is 54.4 Å². The van der Waals surface area contributed by atoms with E-state index in [1.807, 2.05) is 28.1 Å². The average molecular weight is 472 g/mol. The van der Waals surface area contributed by atoms with Crippen molar-refractivity contribution < 1.29 is 9.59 Å². The Kier molecular flexibility index (Phi) is 7.02. The van der Waals surface area contributed by atoms with Gasteiger partial charge in [0.15, 0.2) is 0 Å². The molecule has 0 radical (unpaired) electrons. The van der Waals surface area contributed by atoms with Gasteiger partial charge in [0.2, 0.25) is 5.91 Å². The van der Waals surface area contributed by atoms with Gasteiger partial charge in [-0.2, -0.15) is 0 Å². The fourth-order valence-corrected chi connectivity index (χ4v) is 5.71. The van der Waals surface area contributed by atoms with E-state index in [1.165, 1.54) is 10.9 Å². The molecule has 2 amide bonds. The van der Waals surface area contributed by atoms with Crippen molar-refractivity contribution in [1.29, 1.82) is 0 Å². The molecule has 2 aromatic heterocycles. The normalized spacial score (nSPS) is 20.7. The van der Waals surface area contributed by atoms with Crippen LogP contribution in [0.5, 0.6) is 0 Å². The second-order valence-corrected chi connectivity index (χ2v) is 9.98. The molecule has 2 fully saturated rings. The van der Waals surface area contributed by atoms with Crippen LogP contribution in [0.15, 0.2) is 48.9 Å². The average Bonchev–Trinajstić information content (AvgIpc) is 2.89. The molecule has 35 heavy (non-hydrogen) atoms. The predicted octanol–water partition coefficient (Wildman–Crippen LogP) is 3.92. The third-order valence-electron chi connectivity index (χ3n) is 7.47. The minimum Gasteiger partial charge on any atom is -0.343 e. The van der Waals surface area contributed by atoms with Crippen molar-refractivity contribution in [1.82, 2.24) is 24.8 Å². The number of benzene rings is 1. The zero-order chi connectivity index (χ0) is 24.2. The lowest BCUT2D eigenvalue weighted by Gasteiger charge is -2.34. The van der Waals surface area contributed by atoms with Crippen molar-refractivity contribution >= 4 is 22.7 Å². The first-order valence-corrected chi connectivity index (χ1v) is 12.8. The zero-order valence-corrected chi connectivity index (χ0v) is 20.4. The number of nitrogens with zero attached hydrogens (tertiary/aromatic N) is 5. The first kappa shape index (κ1) is 23.4. The number of pyridine rings is 1. The molecule has 0 spiro atoms. The molecule has 4 heterocycles. The Morgan fingerprint density at radius 1 is 0.857 bits per heavy atom. The summed E-state index contributed by atoms with van der Waals surface area (Å²) < 4.78 is 0. The van der Waals surface area contributed by atoms with Crippen LogP contribution < -0.4 is 0 Å². The van der Waals surface area contributed by atoms with Gasteiger partial charge in [-0.05, 0) is 68.1 Å². The van der Waals surface area contributed by atoms with Gasteiger partial charge in [-0.3, -0.25) is 19.6 Å². The highest BCUT2D eigenvalue weighted by Gasteiger charge is 2.29. The second kappa shape index (κ2) is 10.5. The van der Waals surface area contributed by atoms with Crippen LogP contribution >= 0.6 is 0 Å². The number of carbonyl (C=O) groups excluding carboxylic acids is 2. The Labute approximate surface area is 206 Å².